The Hall–Kier alpha value is -1.35. The first-order chi connectivity index (χ1) is 8.24. The van der Waals surface area contributed by atoms with Crippen LogP contribution >= 0.6 is 0 Å². The number of hydrogen-bond donors (Lipinski definition) is 0. The summed E-state index contributed by atoms with van der Waals surface area (Å²) in [6, 6.07) is 7.63. The minimum Gasteiger partial charge on any atom is -0.344 e. The highest BCUT2D eigenvalue weighted by molar-refractivity contribution is 5.80. The molecular weight excluding hydrogens is 215 g/mol. The summed E-state index contributed by atoms with van der Waals surface area (Å²) in [5.41, 5.74) is 1.15. The van der Waals surface area contributed by atoms with Crippen molar-refractivity contribution >= 4 is 10.9 Å². The lowest BCUT2D eigenvalue weighted by Gasteiger charge is -2.30. The molecule has 2 nitrogen and oxygen atoms in total. The number of rotatable bonds is 1. The van der Waals surface area contributed by atoms with E-state index < -0.39 is 0 Å². The summed E-state index contributed by atoms with van der Waals surface area (Å²) in [6.07, 6.45) is 4.45. The molecule has 1 aliphatic heterocycles. The van der Waals surface area contributed by atoms with E-state index in [-0.39, 0.29) is 5.82 Å². The Morgan fingerprint density at radius 2 is 1.94 bits per heavy atom. The molecule has 2 heterocycles. The second kappa shape index (κ2) is 4.15. The van der Waals surface area contributed by atoms with Gasteiger partial charge >= 0.3 is 0 Å². The van der Waals surface area contributed by atoms with Gasteiger partial charge in [-0.2, -0.15) is 0 Å². The first-order valence-electron chi connectivity index (χ1n) is 6.19. The molecule has 0 amide bonds. The van der Waals surface area contributed by atoms with Crippen LogP contribution in [0.4, 0.5) is 4.39 Å². The Balaban J connectivity index is 1.95. The van der Waals surface area contributed by atoms with Crippen molar-refractivity contribution in [1.82, 2.24) is 9.47 Å². The zero-order valence-electron chi connectivity index (χ0n) is 10.1. The lowest BCUT2D eigenvalue weighted by molar-refractivity contribution is 0.224. The topological polar surface area (TPSA) is 8.17 Å². The van der Waals surface area contributed by atoms with Gasteiger partial charge < -0.3 is 9.47 Å². The molecule has 1 aliphatic rings. The van der Waals surface area contributed by atoms with Crippen molar-refractivity contribution in [3.8, 4) is 0 Å². The molecule has 90 valence electrons. The van der Waals surface area contributed by atoms with Gasteiger partial charge in [0.05, 0.1) is 0 Å². The van der Waals surface area contributed by atoms with Crippen LogP contribution < -0.4 is 0 Å². The third-order valence-corrected chi connectivity index (χ3v) is 3.76. The van der Waals surface area contributed by atoms with Gasteiger partial charge in [0.25, 0.3) is 0 Å². The molecule has 0 spiro atoms. The van der Waals surface area contributed by atoms with Crippen molar-refractivity contribution in [1.29, 1.82) is 0 Å². The molecule has 0 N–H and O–H groups in total. The highest BCUT2D eigenvalue weighted by Crippen LogP contribution is 2.27. The van der Waals surface area contributed by atoms with Gasteiger partial charge in [-0.15, -0.1) is 0 Å². The van der Waals surface area contributed by atoms with Crippen molar-refractivity contribution in [3.05, 3.63) is 36.3 Å². The number of piperidine rings is 1. The van der Waals surface area contributed by atoms with Crippen molar-refractivity contribution in [3.63, 3.8) is 0 Å². The van der Waals surface area contributed by atoms with E-state index in [9.17, 15) is 4.39 Å². The fourth-order valence-corrected chi connectivity index (χ4v) is 2.73. The molecule has 1 aromatic heterocycles. The second-order valence-electron chi connectivity index (χ2n) is 4.96. The van der Waals surface area contributed by atoms with Crippen molar-refractivity contribution < 1.29 is 4.39 Å². The predicted octanol–water partition coefficient (Wildman–Crippen LogP) is 3.05. The van der Waals surface area contributed by atoms with Gasteiger partial charge in [0.1, 0.15) is 5.82 Å². The number of hydrogen-bond acceptors (Lipinski definition) is 1. The lowest BCUT2D eigenvalue weighted by Crippen LogP contribution is -2.31. The maximum absolute atomic E-state index is 13.1. The van der Waals surface area contributed by atoms with E-state index in [4.69, 9.17) is 0 Å². The molecule has 1 aromatic carbocycles. The second-order valence-corrected chi connectivity index (χ2v) is 4.96. The third kappa shape index (κ3) is 1.95. The van der Waals surface area contributed by atoms with Crippen LogP contribution in [0.25, 0.3) is 10.9 Å². The van der Waals surface area contributed by atoms with Gasteiger partial charge in [0.2, 0.25) is 0 Å². The standard InChI is InChI=1S/C14H17FN2/c1-16-7-5-13(6-8-16)17-9-4-11-10-12(15)2-3-14(11)17/h2-4,9-10,13H,5-8H2,1H3. The summed E-state index contributed by atoms with van der Waals surface area (Å²) in [7, 11) is 2.17. The van der Waals surface area contributed by atoms with Crippen molar-refractivity contribution in [2.45, 2.75) is 18.9 Å². The number of fused-ring (bicyclic) bond motifs is 1. The summed E-state index contributed by atoms with van der Waals surface area (Å²) >= 11 is 0. The maximum atomic E-state index is 13.1. The van der Waals surface area contributed by atoms with E-state index in [1.165, 1.54) is 12.8 Å². The van der Waals surface area contributed by atoms with Crippen LogP contribution in [0.15, 0.2) is 30.5 Å². The first-order valence-corrected chi connectivity index (χ1v) is 6.19. The van der Waals surface area contributed by atoms with Gasteiger partial charge in [-0.1, -0.05) is 0 Å². The summed E-state index contributed by atoms with van der Waals surface area (Å²) < 4.78 is 15.4. The number of likely N-dealkylation sites (tertiary alicyclic amines) is 1. The molecule has 1 fully saturated rings. The summed E-state index contributed by atoms with van der Waals surface area (Å²) in [6.45, 7) is 2.29. The maximum Gasteiger partial charge on any atom is 0.123 e. The van der Waals surface area contributed by atoms with Gasteiger partial charge in [0.15, 0.2) is 0 Å². The van der Waals surface area contributed by atoms with Crippen molar-refractivity contribution in [2.75, 3.05) is 20.1 Å². The lowest BCUT2D eigenvalue weighted by atomic mass is 10.1. The van der Waals surface area contributed by atoms with Gasteiger partial charge in [-0.3, -0.25) is 0 Å². The number of halogens is 1. The van der Waals surface area contributed by atoms with E-state index >= 15 is 0 Å². The van der Waals surface area contributed by atoms with Crippen LogP contribution in [0.2, 0.25) is 0 Å². The first kappa shape index (κ1) is 10.8. The van der Waals surface area contributed by atoms with E-state index in [1.807, 2.05) is 12.1 Å². The molecule has 0 bridgehead atoms. The number of benzene rings is 1. The Kier molecular flexibility index (Phi) is 2.63. The number of aromatic nitrogens is 1. The minimum atomic E-state index is -0.154. The average Bonchev–Trinajstić information content (AvgIpc) is 2.73. The third-order valence-electron chi connectivity index (χ3n) is 3.76. The number of nitrogens with zero attached hydrogens (tertiary/aromatic N) is 2. The zero-order valence-corrected chi connectivity index (χ0v) is 10.1. The van der Waals surface area contributed by atoms with E-state index in [0.717, 1.165) is 24.0 Å². The Bertz CT molecular complexity index is 524. The van der Waals surface area contributed by atoms with Crippen LogP contribution in [-0.2, 0) is 0 Å². The van der Waals surface area contributed by atoms with E-state index in [0.29, 0.717) is 6.04 Å². The van der Waals surface area contributed by atoms with Crippen LogP contribution in [0.5, 0.6) is 0 Å². The van der Waals surface area contributed by atoms with Gasteiger partial charge in [-0.05, 0) is 57.2 Å². The summed E-state index contributed by atoms with van der Waals surface area (Å²) in [5.74, 6) is -0.154. The quantitative estimate of drug-likeness (QED) is 0.733. The Morgan fingerprint density at radius 3 is 2.71 bits per heavy atom. The van der Waals surface area contributed by atoms with E-state index in [2.05, 4.69) is 22.7 Å². The molecule has 0 saturated carbocycles. The highest BCUT2D eigenvalue weighted by atomic mass is 19.1. The SMILES string of the molecule is CN1CCC(n2ccc3cc(F)ccc32)CC1. The molecule has 0 aliphatic carbocycles. The minimum absolute atomic E-state index is 0.154. The summed E-state index contributed by atoms with van der Waals surface area (Å²) in [5, 5.41) is 1.00. The molecule has 0 atom stereocenters. The highest BCUT2D eigenvalue weighted by Gasteiger charge is 2.19. The molecule has 0 radical (unpaired) electrons. The molecule has 1 saturated heterocycles. The molecule has 3 rings (SSSR count). The Morgan fingerprint density at radius 1 is 1.18 bits per heavy atom. The summed E-state index contributed by atoms with van der Waals surface area (Å²) in [4.78, 5) is 2.36. The van der Waals surface area contributed by atoms with Crippen LogP contribution in [-0.4, -0.2) is 29.6 Å². The van der Waals surface area contributed by atoms with Gasteiger partial charge in [0, 0.05) is 23.1 Å². The van der Waals surface area contributed by atoms with Crippen LogP contribution in [0, 0.1) is 5.82 Å². The van der Waals surface area contributed by atoms with E-state index in [1.54, 1.807) is 12.1 Å². The smallest absolute Gasteiger partial charge is 0.123 e. The normalized spacial score (nSPS) is 18.9. The molecule has 0 unspecified atom stereocenters. The molecule has 2 aromatic rings. The van der Waals surface area contributed by atoms with Crippen molar-refractivity contribution in [2.24, 2.45) is 0 Å². The largest absolute Gasteiger partial charge is 0.344 e. The molecule has 17 heavy (non-hydrogen) atoms. The fourth-order valence-electron chi connectivity index (χ4n) is 2.73. The zero-order chi connectivity index (χ0) is 11.8. The average molecular weight is 232 g/mol. The fraction of sp³-hybridized carbons (Fsp3) is 0.429. The Labute approximate surface area is 101 Å². The molecular formula is C14H17FN2. The predicted molar refractivity (Wildman–Crippen MR) is 67.7 cm³/mol. The van der Waals surface area contributed by atoms with Crippen LogP contribution in [0.1, 0.15) is 18.9 Å². The van der Waals surface area contributed by atoms with Crippen LogP contribution in [0.3, 0.4) is 0 Å². The molecule has 3 heteroatoms. The van der Waals surface area contributed by atoms with Gasteiger partial charge in [-0.25, -0.2) is 4.39 Å². The monoisotopic (exact) mass is 232 g/mol.